The largest absolute Gasteiger partial charge is 0.483 e. The first kappa shape index (κ1) is 20.6. The predicted molar refractivity (Wildman–Crippen MR) is 117 cm³/mol. The molecule has 0 spiro atoms. The molecular weight excluding hydrogens is 416 g/mol. The fourth-order valence-electron chi connectivity index (χ4n) is 3.54. The molecule has 3 aromatic heterocycles. The van der Waals surface area contributed by atoms with E-state index in [1.807, 2.05) is 32.0 Å². The highest BCUT2D eigenvalue weighted by atomic mass is 35.5. The zero-order chi connectivity index (χ0) is 22.3. The summed E-state index contributed by atoms with van der Waals surface area (Å²) in [4.78, 5) is 17.2. The van der Waals surface area contributed by atoms with Gasteiger partial charge in [0.05, 0.1) is 17.1 Å². The van der Waals surface area contributed by atoms with Crippen LogP contribution in [0.15, 0.2) is 45.9 Å². The van der Waals surface area contributed by atoms with Gasteiger partial charge in [-0.2, -0.15) is 10.4 Å². The van der Waals surface area contributed by atoms with Crippen molar-refractivity contribution in [2.24, 2.45) is 7.05 Å². The highest BCUT2D eigenvalue weighted by Crippen LogP contribution is 2.33. The number of rotatable bonds is 4. The summed E-state index contributed by atoms with van der Waals surface area (Å²) in [7, 11) is 1.80. The number of aromatic nitrogens is 3. The van der Waals surface area contributed by atoms with Crippen molar-refractivity contribution in [1.29, 1.82) is 5.26 Å². The number of pyridine rings is 1. The number of nitrogens with zero attached hydrogens (tertiary/aromatic N) is 4. The van der Waals surface area contributed by atoms with Gasteiger partial charge in [-0.25, -0.2) is 4.98 Å². The average molecular weight is 435 g/mol. The van der Waals surface area contributed by atoms with E-state index >= 15 is 0 Å². The van der Waals surface area contributed by atoms with Gasteiger partial charge in [-0.3, -0.25) is 9.48 Å². The molecule has 8 heteroatoms. The maximum atomic E-state index is 13.2. The number of halogens is 1. The van der Waals surface area contributed by atoms with Crippen LogP contribution in [-0.4, -0.2) is 14.8 Å². The molecule has 0 N–H and O–H groups in total. The number of benzene rings is 1. The molecule has 0 aliphatic rings. The molecule has 0 amide bonds. The van der Waals surface area contributed by atoms with Crippen LogP contribution in [-0.2, 0) is 7.05 Å². The minimum atomic E-state index is -0.523. The molecule has 0 aliphatic heterocycles. The van der Waals surface area contributed by atoms with Gasteiger partial charge in [-0.05, 0) is 50.6 Å². The Bertz CT molecular complexity index is 1420. The lowest BCUT2D eigenvalue weighted by Crippen LogP contribution is -2.11. The Morgan fingerprint density at radius 1 is 1.29 bits per heavy atom. The van der Waals surface area contributed by atoms with Gasteiger partial charge in [0.25, 0.3) is 0 Å². The van der Waals surface area contributed by atoms with Gasteiger partial charge in [0.15, 0.2) is 16.9 Å². The molecule has 0 bridgehead atoms. The van der Waals surface area contributed by atoms with Crippen LogP contribution < -0.4 is 10.2 Å². The van der Waals surface area contributed by atoms with Gasteiger partial charge in [-0.1, -0.05) is 11.6 Å². The normalized spacial score (nSPS) is 12.0. The summed E-state index contributed by atoms with van der Waals surface area (Å²) in [5.74, 6) is 0.768. The van der Waals surface area contributed by atoms with Gasteiger partial charge in [0, 0.05) is 24.4 Å². The van der Waals surface area contributed by atoms with E-state index in [0.29, 0.717) is 39.2 Å². The minimum absolute atomic E-state index is 0.0876. The SMILES string of the molecule is Cc1cc([C@@H](C)Oc2ccc(Cl)nc2C#N)c2oc(-c3cnn(C)c3)c(C)c(=O)c2c1. The third-order valence-electron chi connectivity index (χ3n) is 5.03. The molecule has 0 aliphatic carbocycles. The van der Waals surface area contributed by atoms with Crippen LogP contribution in [0.5, 0.6) is 5.75 Å². The molecule has 4 aromatic rings. The second-order valence-corrected chi connectivity index (χ2v) is 7.76. The second-order valence-electron chi connectivity index (χ2n) is 7.37. The molecule has 4 rings (SSSR count). The molecule has 7 nitrogen and oxygen atoms in total. The van der Waals surface area contributed by atoms with Crippen molar-refractivity contribution < 1.29 is 9.15 Å². The van der Waals surface area contributed by atoms with Gasteiger partial charge >= 0.3 is 0 Å². The van der Waals surface area contributed by atoms with Crippen LogP contribution in [0.4, 0.5) is 0 Å². The number of fused-ring (bicyclic) bond motifs is 1. The topological polar surface area (TPSA) is 93.9 Å². The van der Waals surface area contributed by atoms with Crippen molar-refractivity contribution in [3.63, 3.8) is 0 Å². The Balaban J connectivity index is 1.89. The average Bonchev–Trinajstić information content (AvgIpc) is 3.17. The lowest BCUT2D eigenvalue weighted by Gasteiger charge is -2.18. The van der Waals surface area contributed by atoms with Crippen LogP contribution in [0.25, 0.3) is 22.3 Å². The predicted octanol–water partition coefficient (Wildman–Crippen LogP) is 4.87. The summed E-state index contributed by atoms with van der Waals surface area (Å²) in [5.41, 5.74) is 3.23. The summed E-state index contributed by atoms with van der Waals surface area (Å²) in [6.45, 7) is 5.48. The summed E-state index contributed by atoms with van der Waals surface area (Å²) >= 11 is 5.88. The van der Waals surface area contributed by atoms with E-state index in [4.69, 9.17) is 20.8 Å². The molecule has 0 unspecified atom stereocenters. The molecule has 3 heterocycles. The summed E-state index contributed by atoms with van der Waals surface area (Å²) in [6, 6.07) is 8.87. The number of nitriles is 1. The second kappa shape index (κ2) is 7.89. The fourth-order valence-corrected chi connectivity index (χ4v) is 3.68. The summed E-state index contributed by atoms with van der Waals surface area (Å²) in [6.07, 6.45) is 2.93. The monoisotopic (exact) mass is 434 g/mol. The molecule has 1 aromatic carbocycles. The van der Waals surface area contributed by atoms with Crippen molar-refractivity contribution in [3.8, 4) is 23.1 Å². The zero-order valence-electron chi connectivity index (χ0n) is 17.4. The lowest BCUT2D eigenvalue weighted by molar-refractivity contribution is 0.225. The van der Waals surface area contributed by atoms with Crippen LogP contribution >= 0.6 is 11.6 Å². The lowest BCUT2D eigenvalue weighted by atomic mass is 10.0. The fraction of sp³-hybridized carbons (Fsp3) is 0.217. The quantitative estimate of drug-likeness (QED) is 0.425. The minimum Gasteiger partial charge on any atom is -0.483 e. The van der Waals surface area contributed by atoms with Crippen LogP contribution in [0.2, 0.25) is 5.15 Å². The van der Waals surface area contributed by atoms with E-state index in [2.05, 4.69) is 10.1 Å². The van der Waals surface area contributed by atoms with E-state index in [0.717, 1.165) is 5.56 Å². The van der Waals surface area contributed by atoms with Crippen LogP contribution in [0.1, 0.15) is 35.4 Å². The Kier molecular flexibility index (Phi) is 5.25. The van der Waals surface area contributed by atoms with E-state index in [-0.39, 0.29) is 16.3 Å². The smallest absolute Gasteiger partial charge is 0.196 e. The van der Waals surface area contributed by atoms with Crippen LogP contribution in [0, 0.1) is 25.2 Å². The first-order valence-electron chi connectivity index (χ1n) is 9.58. The van der Waals surface area contributed by atoms with Gasteiger partial charge in [0.1, 0.15) is 28.7 Å². The first-order valence-corrected chi connectivity index (χ1v) is 9.96. The zero-order valence-corrected chi connectivity index (χ0v) is 18.2. The maximum Gasteiger partial charge on any atom is 0.196 e. The number of ether oxygens (including phenoxy) is 1. The number of aryl methyl sites for hydroxylation is 2. The molecule has 0 saturated heterocycles. The molecule has 31 heavy (non-hydrogen) atoms. The van der Waals surface area contributed by atoms with E-state index < -0.39 is 6.10 Å². The molecule has 1 atom stereocenters. The Labute approximate surface area is 183 Å². The molecule has 156 valence electrons. The van der Waals surface area contributed by atoms with Crippen molar-refractivity contribution in [3.05, 3.63) is 74.4 Å². The van der Waals surface area contributed by atoms with Crippen molar-refractivity contribution in [1.82, 2.24) is 14.8 Å². The van der Waals surface area contributed by atoms with Crippen LogP contribution in [0.3, 0.4) is 0 Å². The standard InChI is InChI=1S/C23H19ClN4O3/c1-12-7-16(14(3)30-19-5-6-20(24)27-18(19)9-25)23-17(8-12)21(29)13(2)22(31-23)15-10-26-28(4)11-15/h5-8,10-11,14H,1-4H3/t14-/m1/s1. The van der Waals surface area contributed by atoms with E-state index in [1.165, 1.54) is 0 Å². The molecular formula is C23H19ClN4O3. The highest BCUT2D eigenvalue weighted by Gasteiger charge is 2.21. The number of hydrogen-bond acceptors (Lipinski definition) is 6. The van der Waals surface area contributed by atoms with Crippen molar-refractivity contribution in [2.45, 2.75) is 26.9 Å². The third kappa shape index (κ3) is 3.78. The summed E-state index contributed by atoms with van der Waals surface area (Å²) < 4.78 is 13.9. The molecule has 0 saturated carbocycles. The Morgan fingerprint density at radius 2 is 2.06 bits per heavy atom. The van der Waals surface area contributed by atoms with Gasteiger partial charge in [0.2, 0.25) is 0 Å². The maximum absolute atomic E-state index is 13.2. The number of hydrogen-bond donors (Lipinski definition) is 0. The van der Waals surface area contributed by atoms with Crippen molar-refractivity contribution in [2.75, 3.05) is 0 Å². The van der Waals surface area contributed by atoms with Gasteiger partial charge < -0.3 is 9.15 Å². The van der Waals surface area contributed by atoms with E-state index in [1.54, 1.807) is 43.2 Å². The summed E-state index contributed by atoms with van der Waals surface area (Å²) in [5, 5.41) is 14.2. The first-order chi connectivity index (χ1) is 14.8. The Morgan fingerprint density at radius 3 is 2.74 bits per heavy atom. The van der Waals surface area contributed by atoms with Gasteiger partial charge in [-0.15, -0.1) is 0 Å². The highest BCUT2D eigenvalue weighted by molar-refractivity contribution is 6.29. The third-order valence-corrected chi connectivity index (χ3v) is 5.24. The molecule has 0 fully saturated rings. The van der Waals surface area contributed by atoms with E-state index in [9.17, 15) is 10.1 Å². The Hall–Kier alpha value is -3.63. The molecule has 0 radical (unpaired) electrons. The van der Waals surface area contributed by atoms with Crippen molar-refractivity contribution >= 4 is 22.6 Å².